The summed E-state index contributed by atoms with van der Waals surface area (Å²) in [6, 6.07) is 21.2. The molecule has 142 valence electrons. The topological polar surface area (TPSA) is 43.2 Å². The molecule has 0 bridgehead atoms. The van der Waals surface area contributed by atoms with Crippen molar-refractivity contribution in [2.45, 2.75) is 12.8 Å². The molecule has 0 saturated carbocycles. The van der Waals surface area contributed by atoms with Gasteiger partial charge in [0.1, 0.15) is 6.67 Å². The summed E-state index contributed by atoms with van der Waals surface area (Å²) in [5, 5.41) is 12.0. The highest BCUT2D eigenvalue weighted by molar-refractivity contribution is 7.13. The smallest absolute Gasteiger partial charge is 0.111 e. The van der Waals surface area contributed by atoms with Gasteiger partial charge in [-0.15, -0.1) is 11.3 Å². The van der Waals surface area contributed by atoms with Crippen LogP contribution in [-0.4, -0.2) is 11.7 Å². The Bertz CT molecular complexity index is 1210. The van der Waals surface area contributed by atoms with Crippen LogP contribution in [0.1, 0.15) is 12.0 Å². The van der Waals surface area contributed by atoms with Gasteiger partial charge in [0.2, 0.25) is 0 Å². The largest absolute Gasteiger partial charge is 0.319 e. The summed E-state index contributed by atoms with van der Waals surface area (Å²) in [6.45, 7) is 0.554. The van der Waals surface area contributed by atoms with Gasteiger partial charge in [-0.05, 0) is 53.3 Å². The molecule has 6 heteroatoms. The van der Waals surface area contributed by atoms with E-state index in [1.807, 2.05) is 6.20 Å². The second kappa shape index (κ2) is 7.40. The van der Waals surface area contributed by atoms with Gasteiger partial charge in [-0.25, -0.2) is 0 Å². The van der Waals surface area contributed by atoms with E-state index < -0.39 is 0 Å². The number of fused-ring (bicyclic) bond motifs is 3. The van der Waals surface area contributed by atoms with Crippen LogP contribution in [0.3, 0.4) is 0 Å². The first-order valence-electron chi connectivity index (χ1n) is 9.38. The summed E-state index contributed by atoms with van der Waals surface area (Å²) in [4.78, 5) is 8.08. The van der Waals surface area contributed by atoms with Gasteiger partial charge in [0.05, 0.1) is 29.2 Å². The molecular formula is C23H17ClN4S. The Labute approximate surface area is 178 Å². The molecule has 2 aromatic heterocycles. The Morgan fingerprint density at radius 1 is 1.14 bits per heavy atom. The maximum Gasteiger partial charge on any atom is 0.111 e. The predicted octanol–water partition coefficient (Wildman–Crippen LogP) is 6.49. The van der Waals surface area contributed by atoms with Crippen molar-refractivity contribution >= 4 is 51.1 Å². The van der Waals surface area contributed by atoms with Crippen LogP contribution in [0.4, 0.5) is 17.1 Å². The van der Waals surface area contributed by atoms with E-state index in [9.17, 15) is 0 Å². The van der Waals surface area contributed by atoms with E-state index in [1.165, 1.54) is 10.4 Å². The van der Waals surface area contributed by atoms with Gasteiger partial charge in [-0.2, -0.15) is 5.26 Å². The quantitative estimate of drug-likeness (QED) is 0.356. The molecule has 0 unspecified atom stereocenters. The third kappa shape index (κ3) is 3.21. The number of aromatic nitrogens is 1. The zero-order chi connectivity index (χ0) is 19.8. The number of rotatable bonds is 4. The van der Waals surface area contributed by atoms with Crippen LogP contribution in [-0.2, 0) is 6.42 Å². The van der Waals surface area contributed by atoms with Crippen molar-refractivity contribution < 1.29 is 0 Å². The number of nitriles is 1. The van der Waals surface area contributed by atoms with Crippen molar-refractivity contribution in [2.24, 2.45) is 0 Å². The molecule has 0 atom stereocenters. The monoisotopic (exact) mass is 416 g/mol. The minimum absolute atomic E-state index is 0.531. The SMILES string of the molecule is N#CCCc1ccc(N2CN(Cl)c3cnc4ccc(-c5cccs5)cc4c32)cc1. The van der Waals surface area contributed by atoms with Crippen LogP contribution in [0.5, 0.6) is 0 Å². The maximum atomic E-state index is 8.80. The minimum atomic E-state index is 0.531. The molecule has 0 fully saturated rings. The lowest BCUT2D eigenvalue weighted by Crippen LogP contribution is -2.20. The fourth-order valence-electron chi connectivity index (χ4n) is 3.75. The predicted molar refractivity (Wildman–Crippen MR) is 121 cm³/mol. The molecule has 0 saturated heterocycles. The lowest BCUT2D eigenvalue weighted by molar-refractivity contribution is 1.00. The van der Waals surface area contributed by atoms with Gasteiger partial charge in [0.15, 0.2) is 0 Å². The summed E-state index contributed by atoms with van der Waals surface area (Å²) in [7, 11) is 0. The van der Waals surface area contributed by atoms with Crippen LogP contribution in [0.15, 0.2) is 66.2 Å². The van der Waals surface area contributed by atoms with Gasteiger partial charge in [0.25, 0.3) is 0 Å². The number of anilines is 3. The fourth-order valence-corrected chi connectivity index (χ4v) is 4.70. The number of aryl methyl sites for hydroxylation is 1. The number of hydrogen-bond donors (Lipinski definition) is 0. The average Bonchev–Trinajstić information content (AvgIpc) is 3.41. The first kappa shape index (κ1) is 18.0. The number of hydrogen-bond acceptors (Lipinski definition) is 5. The zero-order valence-electron chi connectivity index (χ0n) is 15.5. The van der Waals surface area contributed by atoms with Gasteiger partial charge < -0.3 is 4.90 Å². The van der Waals surface area contributed by atoms with E-state index >= 15 is 0 Å². The van der Waals surface area contributed by atoms with Crippen LogP contribution in [0.25, 0.3) is 21.3 Å². The van der Waals surface area contributed by atoms with Crippen LogP contribution < -0.4 is 9.32 Å². The van der Waals surface area contributed by atoms with Crippen molar-refractivity contribution in [1.82, 2.24) is 4.98 Å². The van der Waals surface area contributed by atoms with Gasteiger partial charge in [0, 0.05) is 34.1 Å². The van der Waals surface area contributed by atoms with E-state index in [0.29, 0.717) is 13.1 Å². The Kier molecular flexibility index (Phi) is 4.59. The molecule has 0 spiro atoms. The summed E-state index contributed by atoms with van der Waals surface area (Å²) in [5.74, 6) is 0. The Hall–Kier alpha value is -3.07. The van der Waals surface area contributed by atoms with Gasteiger partial charge in [-0.3, -0.25) is 9.40 Å². The Morgan fingerprint density at radius 2 is 2.00 bits per heavy atom. The van der Waals surface area contributed by atoms with Crippen molar-refractivity contribution in [1.29, 1.82) is 5.26 Å². The molecule has 0 N–H and O–H groups in total. The van der Waals surface area contributed by atoms with E-state index in [2.05, 4.69) is 75.9 Å². The second-order valence-corrected chi connectivity index (χ2v) is 8.31. The molecule has 1 aliphatic heterocycles. The third-order valence-corrected chi connectivity index (χ3v) is 6.40. The Morgan fingerprint density at radius 3 is 2.76 bits per heavy atom. The summed E-state index contributed by atoms with van der Waals surface area (Å²) >= 11 is 8.27. The van der Waals surface area contributed by atoms with E-state index in [1.54, 1.807) is 15.8 Å². The maximum absolute atomic E-state index is 8.80. The summed E-state index contributed by atoms with van der Waals surface area (Å²) < 4.78 is 1.71. The molecule has 0 amide bonds. The van der Waals surface area contributed by atoms with Crippen LogP contribution >= 0.6 is 23.1 Å². The van der Waals surface area contributed by atoms with Crippen LogP contribution in [0.2, 0.25) is 0 Å². The molecule has 29 heavy (non-hydrogen) atoms. The molecule has 4 nitrogen and oxygen atoms in total. The average molecular weight is 417 g/mol. The van der Waals surface area contributed by atoms with Gasteiger partial charge in [-0.1, -0.05) is 24.3 Å². The van der Waals surface area contributed by atoms with Crippen molar-refractivity contribution in [2.75, 3.05) is 16.0 Å². The van der Waals surface area contributed by atoms with Gasteiger partial charge >= 0.3 is 0 Å². The first-order chi connectivity index (χ1) is 14.2. The normalized spacial score (nSPS) is 13.0. The van der Waals surface area contributed by atoms with E-state index in [4.69, 9.17) is 17.0 Å². The molecule has 5 rings (SSSR count). The molecule has 3 heterocycles. The van der Waals surface area contributed by atoms with Crippen LogP contribution in [0, 0.1) is 11.3 Å². The van der Waals surface area contributed by atoms with Crippen molar-refractivity contribution in [3.63, 3.8) is 0 Å². The fraction of sp³-hybridized carbons (Fsp3) is 0.130. The number of halogens is 1. The molecule has 4 aromatic rings. The van der Waals surface area contributed by atoms with Crippen molar-refractivity contribution in [3.8, 4) is 16.5 Å². The molecule has 1 aliphatic rings. The van der Waals surface area contributed by atoms with E-state index in [0.717, 1.165) is 39.9 Å². The highest BCUT2D eigenvalue weighted by Gasteiger charge is 2.29. The molecule has 2 aromatic carbocycles. The number of nitrogens with zero attached hydrogens (tertiary/aromatic N) is 4. The first-order valence-corrected chi connectivity index (χ1v) is 10.6. The number of benzene rings is 2. The highest BCUT2D eigenvalue weighted by atomic mass is 35.5. The van der Waals surface area contributed by atoms with Crippen molar-refractivity contribution in [3.05, 3.63) is 71.7 Å². The summed E-state index contributed by atoms with van der Waals surface area (Å²) in [5.41, 5.74) is 6.36. The molecular weight excluding hydrogens is 400 g/mol. The van der Waals surface area contributed by atoms with E-state index in [-0.39, 0.29) is 0 Å². The molecule has 0 radical (unpaired) electrons. The zero-order valence-corrected chi connectivity index (χ0v) is 17.1. The Balaban J connectivity index is 1.61. The molecule has 0 aliphatic carbocycles. The second-order valence-electron chi connectivity index (χ2n) is 6.96. The third-order valence-electron chi connectivity index (χ3n) is 5.20. The lowest BCUT2D eigenvalue weighted by Gasteiger charge is -2.20. The highest BCUT2D eigenvalue weighted by Crippen LogP contribution is 2.46. The number of thiophene rings is 1. The standard InChI is InChI=1S/C23H17ClN4S/c24-28-15-27(18-8-5-16(6-9-18)3-1-11-25)23-19-13-17(22-4-2-12-29-22)7-10-20(19)26-14-21(23)28/h2,4-10,12-14H,1,3,15H2. The lowest BCUT2D eigenvalue weighted by atomic mass is 10.1. The summed E-state index contributed by atoms with van der Waals surface area (Å²) in [6.07, 6.45) is 3.14. The minimum Gasteiger partial charge on any atom is -0.319 e. The number of pyridine rings is 1.